The van der Waals surface area contributed by atoms with E-state index in [4.69, 9.17) is 21.7 Å². The van der Waals surface area contributed by atoms with Gasteiger partial charge in [0.05, 0.1) is 0 Å². The van der Waals surface area contributed by atoms with Crippen LogP contribution in [0.2, 0.25) is 0 Å². The van der Waals surface area contributed by atoms with Gasteiger partial charge in [0.15, 0.2) is 0 Å². The van der Waals surface area contributed by atoms with Crippen LogP contribution in [-0.2, 0) is 0 Å². The quantitative estimate of drug-likeness (QED) is 0.216. The van der Waals surface area contributed by atoms with E-state index in [0.29, 0.717) is 0 Å². The molecule has 0 bridgehead atoms. The highest BCUT2D eigenvalue weighted by molar-refractivity contribution is 4.37. The molecule has 0 amide bonds. The standard InChI is InChI=1S/C5H14N2.C5H13N.HNO2/c1-2-3-4-5-7-6;1-2-3-4-5-6;2-1-3/h7H,2-6H2,1H3;2-6H2,1H3;1H. The third kappa shape index (κ3) is 50.8. The Morgan fingerprint density at radius 2 is 1.56 bits per heavy atom. The van der Waals surface area contributed by atoms with Crippen molar-refractivity contribution < 1.29 is 5.34 Å². The summed E-state index contributed by atoms with van der Waals surface area (Å²) < 4.78 is 0. The monoisotopic (exact) mass is 236 g/mol. The van der Waals surface area contributed by atoms with Crippen LogP contribution in [0.3, 0.4) is 0 Å². The summed E-state index contributed by atoms with van der Waals surface area (Å²) >= 11 is 0. The van der Waals surface area contributed by atoms with E-state index in [-0.39, 0.29) is 5.34 Å². The fraction of sp³-hybridized carbons (Fsp3) is 1.00. The Bertz CT molecular complexity index is 96.8. The average molecular weight is 236 g/mol. The molecule has 0 aromatic carbocycles. The molecule has 0 spiro atoms. The predicted molar refractivity (Wildman–Crippen MR) is 68.0 cm³/mol. The maximum Gasteiger partial charge on any atom is 0.00974 e. The molecule has 0 fully saturated rings. The van der Waals surface area contributed by atoms with Crippen LogP contribution in [0.15, 0.2) is 0 Å². The minimum absolute atomic E-state index is 0.250. The molecular weight excluding hydrogens is 208 g/mol. The van der Waals surface area contributed by atoms with E-state index in [1.54, 1.807) is 0 Å². The van der Waals surface area contributed by atoms with Crippen molar-refractivity contribution in [2.75, 3.05) is 13.1 Å². The number of unbranched alkanes of at least 4 members (excludes halogenated alkanes) is 4. The predicted octanol–water partition coefficient (Wildman–Crippen LogP) is 0.106. The van der Waals surface area contributed by atoms with Crippen molar-refractivity contribution in [2.24, 2.45) is 11.6 Å². The van der Waals surface area contributed by atoms with Crippen molar-refractivity contribution in [1.82, 2.24) is 5.43 Å². The van der Waals surface area contributed by atoms with E-state index < -0.39 is 0 Å². The van der Waals surface area contributed by atoms with Crippen LogP contribution in [0.1, 0.15) is 52.4 Å². The summed E-state index contributed by atoms with van der Waals surface area (Å²) in [6.07, 6.45) is 7.50. The summed E-state index contributed by atoms with van der Waals surface area (Å²) in [5.41, 5.74) is 7.82. The zero-order valence-corrected chi connectivity index (χ0v) is 10.6. The summed E-state index contributed by atoms with van der Waals surface area (Å²) in [7, 11) is 0. The molecule has 0 aromatic heterocycles. The Morgan fingerprint density at radius 3 is 1.81 bits per heavy atom. The molecule has 0 aliphatic rings. The molecule has 0 radical (unpaired) electrons. The van der Waals surface area contributed by atoms with E-state index in [1.165, 1.54) is 38.5 Å². The summed E-state index contributed by atoms with van der Waals surface area (Å²) in [6.45, 7) is 6.16. The molecule has 0 atom stereocenters. The first-order valence-corrected chi connectivity index (χ1v) is 5.87. The maximum atomic E-state index is 8.12. The first kappa shape index (κ1) is 20.7. The van der Waals surface area contributed by atoms with Gasteiger partial charge in [-0.15, -0.1) is 0 Å². The molecule has 16 heavy (non-hydrogen) atoms. The Morgan fingerprint density at radius 1 is 1.12 bits per heavy atom. The molecule has 0 aliphatic heterocycles. The van der Waals surface area contributed by atoms with Gasteiger partial charge in [0, 0.05) is 11.9 Å². The second-order valence-electron chi connectivity index (χ2n) is 3.24. The van der Waals surface area contributed by atoms with E-state index in [0.717, 1.165) is 13.1 Å². The molecular formula is C10H28N4O2. The van der Waals surface area contributed by atoms with Gasteiger partial charge in [-0.05, 0) is 19.4 Å². The molecule has 0 rings (SSSR count). The van der Waals surface area contributed by atoms with Crippen LogP contribution < -0.4 is 22.3 Å². The van der Waals surface area contributed by atoms with Gasteiger partial charge in [-0.3, -0.25) is 21.4 Å². The molecule has 0 saturated carbocycles. The number of rotatable bonds is 7. The third-order valence-electron chi connectivity index (χ3n) is 1.73. The maximum absolute atomic E-state index is 8.12. The van der Waals surface area contributed by atoms with Crippen molar-refractivity contribution in [3.05, 3.63) is 10.1 Å². The van der Waals surface area contributed by atoms with E-state index >= 15 is 0 Å². The highest BCUT2D eigenvalue weighted by Crippen LogP contribution is 1.89. The van der Waals surface area contributed by atoms with Gasteiger partial charge in [-0.1, -0.05) is 39.5 Å². The SMILES string of the molecule is CCCCCN.CCCCCNN.O=[NH+][O-]. The molecule has 6 N–H and O–H groups in total. The molecule has 0 heterocycles. The lowest BCUT2D eigenvalue weighted by molar-refractivity contribution is -0.398. The topological polar surface area (TPSA) is 118 Å². The molecule has 100 valence electrons. The van der Waals surface area contributed by atoms with Crippen molar-refractivity contribution >= 4 is 0 Å². The number of hydrogen-bond acceptors (Lipinski definition) is 5. The van der Waals surface area contributed by atoms with Crippen LogP contribution >= 0.6 is 0 Å². The largest absolute Gasteiger partial charge is 0.330 e. The number of hydrazine groups is 1. The van der Waals surface area contributed by atoms with Gasteiger partial charge in [-0.2, -0.15) is 0 Å². The second-order valence-corrected chi connectivity index (χ2v) is 3.24. The minimum atomic E-state index is 0.250. The Labute approximate surface area is 98.7 Å². The first-order chi connectivity index (χ1) is 7.74. The molecule has 0 aromatic rings. The fourth-order valence-electron chi connectivity index (χ4n) is 0.871. The summed E-state index contributed by atoms with van der Waals surface area (Å²) in [4.78, 5) is 8.12. The van der Waals surface area contributed by atoms with E-state index in [2.05, 4.69) is 19.3 Å². The Balaban J connectivity index is -0.000000172. The number of nitrogens with one attached hydrogen (secondary N) is 2. The van der Waals surface area contributed by atoms with Gasteiger partial charge >= 0.3 is 0 Å². The molecule has 0 saturated heterocycles. The van der Waals surface area contributed by atoms with Crippen LogP contribution in [0.4, 0.5) is 0 Å². The van der Waals surface area contributed by atoms with Gasteiger partial charge in [0.1, 0.15) is 0 Å². The van der Waals surface area contributed by atoms with Gasteiger partial charge in [0.25, 0.3) is 0 Å². The first-order valence-electron chi connectivity index (χ1n) is 5.87. The lowest BCUT2D eigenvalue weighted by Crippen LogP contribution is -2.53. The third-order valence-corrected chi connectivity index (χ3v) is 1.73. The normalized spacial score (nSPS) is 8.25. The van der Waals surface area contributed by atoms with Crippen LogP contribution in [0, 0.1) is 10.1 Å². The van der Waals surface area contributed by atoms with Crippen molar-refractivity contribution in [1.29, 1.82) is 0 Å². The summed E-state index contributed by atoms with van der Waals surface area (Å²) in [5.74, 6) is 5.02. The zero-order valence-electron chi connectivity index (χ0n) is 10.6. The van der Waals surface area contributed by atoms with Crippen LogP contribution in [0.25, 0.3) is 0 Å². The Kier molecular flexibility index (Phi) is 37.8. The minimum Gasteiger partial charge on any atom is -0.330 e. The van der Waals surface area contributed by atoms with Crippen molar-refractivity contribution in [3.63, 3.8) is 0 Å². The number of hydrogen-bond donors (Lipinski definition) is 4. The average Bonchev–Trinajstić information content (AvgIpc) is 2.29. The van der Waals surface area contributed by atoms with Gasteiger partial charge in [0.2, 0.25) is 0 Å². The zero-order chi connectivity index (χ0) is 13.1. The van der Waals surface area contributed by atoms with Crippen molar-refractivity contribution in [2.45, 2.75) is 52.4 Å². The molecule has 6 nitrogen and oxygen atoms in total. The summed E-state index contributed by atoms with van der Waals surface area (Å²) in [5, 5.41) is 8.38. The summed E-state index contributed by atoms with van der Waals surface area (Å²) in [6, 6.07) is 0. The lowest BCUT2D eigenvalue weighted by atomic mass is 10.3. The Hall–Kier alpha value is -0.720. The van der Waals surface area contributed by atoms with Crippen LogP contribution in [0.5, 0.6) is 0 Å². The fourth-order valence-corrected chi connectivity index (χ4v) is 0.871. The second kappa shape index (κ2) is 29.2. The highest BCUT2D eigenvalue weighted by atomic mass is 16.6. The van der Waals surface area contributed by atoms with Crippen LogP contribution in [-0.4, -0.2) is 13.1 Å². The highest BCUT2D eigenvalue weighted by Gasteiger charge is 1.79. The van der Waals surface area contributed by atoms with Crippen molar-refractivity contribution in [3.8, 4) is 0 Å². The molecule has 6 heteroatoms. The van der Waals surface area contributed by atoms with E-state index in [1.807, 2.05) is 0 Å². The molecule has 0 unspecified atom stereocenters. The van der Waals surface area contributed by atoms with Gasteiger partial charge in [-0.25, -0.2) is 0 Å². The number of nitrogens with two attached hydrogens (primary N) is 2. The lowest BCUT2D eigenvalue weighted by Gasteiger charge is -1.93. The van der Waals surface area contributed by atoms with E-state index in [9.17, 15) is 0 Å². The molecule has 0 aliphatic carbocycles. The smallest absolute Gasteiger partial charge is 0.00974 e. The van der Waals surface area contributed by atoms with Gasteiger partial charge < -0.3 is 5.73 Å².